The van der Waals surface area contributed by atoms with E-state index in [4.69, 9.17) is 24.4 Å². The first-order chi connectivity index (χ1) is 12.4. The smallest absolute Gasteiger partial charge is 0.245 e. The van der Waals surface area contributed by atoms with Gasteiger partial charge in [0.05, 0.1) is 0 Å². The van der Waals surface area contributed by atoms with Crippen LogP contribution in [-0.2, 0) is 4.79 Å². The van der Waals surface area contributed by atoms with Gasteiger partial charge in [-0.15, -0.1) is 0 Å². The Labute approximate surface area is 168 Å². The Morgan fingerprint density at radius 3 is 2.62 bits per heavy atom. The first-order valence-corrected chi connectivity index (χ1v) is 10.6. The Balaban J connectivity index is 2.25. The minimum Gasteiger partial charge on any atom is -0.349 e. The van der Waals surface area contributed by atoms with Gasteiger partial charge in [-0.2, -0.15) is 0 Å². The molecule has 0 spiro atoms. The molecule has 2 rings (SSSR count). The third-order valence-corrected chi connectivity index (χ3v) is 6.32. The zero-order valence-electron chi connectivity index (χ0n) is 16.5. The summed E-state index contributed by atoms with van der Waals surface area (Å²) < 4.78 is 0. The van der Waals surface area contributed by atoms with Gasteiger partial charge in [0, 0.05) is 32.2 Å². The second kappa shape index (κ2) is 9.28. The van der Waals surface area contributed by atoms with Crippen LogP contribution in [0.1, 0.15) is 53.4 Å². The van der Waals surface area contributed by atoms with E-state index in [0.29, 0.717) is 5.11 Å². The van der Waals surface area contributed by atoms with Crippen LogP contribution in [0.2, 0.25) is 0 Å². The van der Waals surface area contributed by atoms with Gasteiger partial charge in [0.1, 0.15) is 12.2 Å². The van der Waals surface area contributed by atoms with Crippen LogP contribution in [0.15, 0.2) is 0 Å². The fourth-order valence-electron chi connectivity index (χ4n) is 3.82. The number of thiocarbonyl (C=S) groups is 2. The minimum atomic E-state index is -0.470. The summed E-state index contributed by atoms with van der Waals surface area (Å²) in [4.78, 5) is 18.5. The van der Waals surface area contributed by atoms with E-state index in [1.807, 2.05) is 4.90 Å². The Bertz CT molecular complexity index is 544. The Morgan fingerprint density at radius 1 is 1.31 bits per heavy atom. The van der Waals surface area contributed by atoms with E-state index in [-0.39, 0.29) is 18.5 Å². The largest absolute Gasteiger partial charge is 0.349 e. The van der Waals surface area contributed by atoms with Crippen molar-refractivity contribution in [3.8, 4) is 0 Å². The maximum absolute atomic E-state index is 11.9. The van der Waals surface area contributed by atoms with E-state index in [1.54, 1.807) is 0 Å². The van der Waals surface area contributed by atoms with Gasteiger partial charge in [0.15, 0.2) is 10.2 Å². The molecule has 148 valence electrons. The summed E-state index contributed by atoms with van der Waals surface area (Å²) in [5, 5.41) is 7.68. The van der Waals surface area contributed by atoms with Gasteiger partial charge < -0.3 is 25.3 Å². The third kappa shape index (κ3) is 4.28. The van der Waals surface area contributed by atoms with Crippen LogP contribution in [0.25, 0.3) is 0 Å². The van der Waals surface area contributed by atoms with E-state index in [2.05, 4.69) is 48.1 Å². The maximum atomic E-state index is 11.9. The van der Waals surface area contributed by atoms with Gasteiger partial charge >= 0.3 is 0 Å². The van der Waals surface area contributed by atoms with Crippen molar-refractivity contribution in [2.45, 2.75) is 65.1 Å². The van der Waals surface area contributed by atoms with Crippen LogP contribution < -0.4 is 10.6 Å². The standard InChI is InChI=1S/C18H33N5OS2/c1-5-7-8-11-21(10-6-2)17(26)22-12-9-19-14(3)18(22,4)23-13-15(24)20-16(23)25/h14,19H,5-13H2,1-4H3,(H,20,24,25). The number of nitrogens with one attached hydrogen (secondary N) is 2. The van der Waals surface area contributed by atoms with Gasteiger partial charge in [-0.25, -0.2) is 0 Å². The molecular weight excluding hydrogens is 366 g/mol. The van der Waals surface area contributed by atoms with E-state index in [1.165, 1.54) is 12.8 Å². The highest BCUT2D eigenvalue weighted by Crippen LogP contribution is 2.30. The molecule has 2 saturated heterocycles. The van der Waals surface area contributed by atoms with Crippen LogP contribution in [0.3, 0.4) is 0 Å². The first kappa shape index (κ1) is 21.3. The normalized spacial score (nSPS) is 26.2. The van der Waals surface area contributed by atoms with Gasteiger partial charge in [0.25, 0.3) is 0 Å². The molecule has 0 aromatic heterocycles. The molecule has 2 N–H and O–H groups in total. The van der Waals surface area contributed by atoms with Gasteiger partial charge in [-0.05, 0) is 51.1 Å². The lowest BCUT2D eigenvalue weighted by Crippen LogP contribution is -2.74. The highest BCUT2D eigenvalue weighted by molar-refractivity contribution is 7.80. The molecular formula is C18H33N5OS2. The quantitative estimate of drug-likeness (QED) is 0.501. The Kier molecular flexibility index (Phi) is 7.61. The molecule has 2 unspecified atom stereocenters. The monoisotopic (exact) mass is 399 g/mol. The predicted octanol–water partition coefficient (Wildman–Crippen LogP) is 1.90. The molecule has 8 heteroatoms. The number of carbonyl (C=O) groups is 1. The molecule has 0 aromatic carbocycles. The summed E-state index contributed by atoms with van der Waals surface area (Å²) in [7, 11) is 0. The van der Waals surface area contributed by atoms with Crippen LogP contribution in [0.4, 0.5) is 0 Å². The number of hydrogen-bond acceptors (Lipinski definition) is 4. The lowest BCUT2D eigenvalue weighted by atomic mass is 9.97. The summed E-state index contributed by atoms with van der Waals surface area (Å²) in [6, 6.07) is 0.124. The van der Waals surface area contributed by atoms with Gasteiger partial charge in [-0.3, -0.25) is 4.79 Å². The molecule has 0 saturated carbocycles. The predicted molar refractivity (Wildman–Crippen MR) is 114 cm³/mol. The van der Waals surface area contributed by atoms with Crippen molar-refractivity contribution in [1.29, 1.82) is 0 Å². The number of piperazine rings is 1. The van der Waals surface area contributed by atoms with Crippen LogP contribution in [0.5, 0.6) is 0 Å². The summed E-state index contributed by atoms with van der Waals surface area (Å²) >= 11 is 11.4. The van der Waals surface area contributed by atoms with Crippen molar-refractivity contribution in [2.75, 3.05) is 32.7 Å². The summed E-state index contributed by atoms with van der Waals surface area (Å²) in [5.41, 5.74) is -0.470. The number of carbonyl (C=O) groups excluding carboxylic acids is 1. The number of nitrogens with zero attached hydrogens (tertiary/aromatic N) is 3. The number of hydrogen-bond donors (Lipinski definition) is 2. The fourth-order valence-corrected chi connectivity index (χ4v) is 4.64. The van der Waals surface area contributed by atoms with E-state index in [0.717, 1.165) is 44.1 Å². The van der Waals surface area contributed by atoms with Crippen molar-refractivity contribution < 1.29 is 4.79 Å². The van der Waals surface area contributed by atoms with Crippen molar-refractivity contribution in [3.05, 3.63) is 0 Å². The average molecular weight is 400 g/mol. The minimum absolute atomic E-state index is 0.0479. The van der Waals surface area contributed by atoms with E-state index >= 15 is 0 Å². The topological polar surface area (TPSA) is 50.9 Å². The number of unbranched alkanes of at least 4 members (excludes halogenated alkanes) is 2. The van der Waals surface area contributed by atoms with Crippen LogP contribution in [-0.4, -0.2) is 75.3 Å². The maximum Gasteiger partial charge on any atom is 0.245 e. The lowest BCUT2D eigenvalue weighted by Gasteiger charge is -2.55. The second-order valence-electron chi connectivity index (χ2n) is 7.34. The average Bonchev–Trinajstić information content (AvgIpc) is 2.95. The van der Waals surface area contributed by atoms with E-state index < -0.39 is 5.66 Å². The zero-order chi connectivity index (χ0) is 19.3. The molecule has 2 aliphatic heterocycles. The fraction of sp³-hybridized carbons (Fsp3) is 0.833. The highest BCUT2D eigenvalue weighted by atomic mass is 32.1. The molecule has 0 aliphatic carbocycles. The Morgan fingerprint density at radius 2 is 2.04 bits per heavy atom. The molecule has 2 fully saturated rings. The zero-order valence-corrected chi connectivity index (χ0v) is 18.1. The van der Waals surface area contributed by atoms with Crippen LogP contribution >= 0.6 is 24.4 Å². The second-order valence-corrected chi connectivity index (χ2v) is 8.09. The molecule has 0 radical (unpaired) electrons. The molecule has 1 amide bonds. The number of amides is 1. The molecule has 6 nitrogen and oxygen atoms in total. The van der Waals surface area contributed by atoms with E-state index in [9.17, 15) is 4.79 Å². The first-order valence-electron chi connectivity index (χ1n) is 9.77. The van der Waals surface area contributed by atoms with Crippen LogP contribution in [0, 0.1) is 0 Å². The van der Waals surface area contributed by atoms with Gasteiger partial charge in [0.2, 0.25) is 5.91 Å². The molecule has 2 atom stereocenters. The molecule has 0 bridgehead atoms. The SMILES string of the molecule is CCCCCN(CCC)C(=S)N1CCNC(C)C1(C)N1CC(=O)NC1=S. The van der Waals surface area contributed by atoms with Crippen molar-refractivity contribution >= 4 is 40.6 Å². The molecule has 2 heterocycles. The summed E-state index contributed by atoms with van der Waals surface area (Å²) in [6.45, 7) is 12.6. The molecule has 0 aromatic rings. The molecule has 26 heavy (non-hydrogen) atoms. The van der Waals surface area contributed by atoms with Crippen molar-refractivity contribution in [1.82, 2.24) is 25.3 Å². The van der Waals surface area contributed by atoms with Crippen molar-refractivity contribution in [3.63, 3.8) is 0 Å². The van der Waals surface area contributed by atoms with Crippen molar-refractivity contribution in [2.24, 2.45) is 0 Å². The van der Waals surface area contributed by atoms with Gasteiger partial charge in [-0.1, -0.05) is 26.7 Å². The lowest BCUT2D eigenvalue weighted by molar-refractivity contribution is -0.120. The summed E-state index contributed by atoms with van der Waals surface area (Å²) in [5.74, 6) is -0.0479. The molecule has 2 aliphatic rings. The summed E-state index contributed by atoms with van der Waals surface area (Å²) in [6.07, 6.45) is 4.63. The third-order valence-electron chi connectivity index (χ3n) is 5.52. The Hall–Kier alpha value is -0.990. The number of rotatable bonds is 7. The highest BCUT2D eigenvalue weighted by Gasteiger charge is 2.50.